The standard InChI is InChI=1S/C14H14F5NO3.C8H10N2O.C2H6/c1-6-9(7-3-4-8(15)10(16)11(7)22-2)13(20-5-21)23-12(6)14(17,18)19;1-6(11)8-5-7(9-2)3-4-10-8;1-2/h3-6,9,12-13H,1-2H3,(H,20,21);3-5H,1-2H3,(H,9,10);1-2H3. The molecule has 3 rings (SSSR count). The molecule has 4 unspecified atom stereocenters. The Labute approximate surface area is 206 Å². The molecule has 36 heavy (non-hydrogen) atoms. The average Bonchev–Trinajstić information content (AvgIpc) is 3.18. The Morgan fingerprint density at radius 3 is 2.33 bits per heavy atom. The van der Waals surface area contributed by atoms with E-state index in [-0.39, 0.29) is 17.8 Å². The summed E-state index contributed by atoms with van der Waals surface area (Å²) < 4.78 is 75.9. The number of nitrogens with zero attached hydrogens (tertiary/aromatic N) is 1. The molecule has 1 fully saturated rings. The molecular formula is C24H30F5N3O4. The van der Waals surface area contributed by atoms with Gasteiger partial charge in [-0.15, -0.1) is 0 Å². The quantitative estimate of drug-likeness (QED) is 0.315. The minimum atomic E-state index is -4.66. The molecule has 1 aliphatic heterocycles. The van der Waals surface area contributed by atoms with E-state index in [0.717, 1.165) is 24.9 Å². The number of methoxy groups -OCH3 is 1. The Hall–Kier alpha value is -3.28. The van der Waals surface area contributed by atoms with Gasteiger partial charge in [0.1, 0.15) is 11.9 Å². The largest absolute Gasteiger partial charge is 0.493 e. The maximum Gasteiger partial charge on any atom is 0.415 e. The summed E-state index contributed by atoms with van der Waals surface area (Å²) in [5.41, 5.74) is 1.40. The van der Waals surface area contributed by atoms with Crippen LogP contribution >= 0.6 is 0 Å². The molecule has 1 saturated heterocycles. The summed E-state index contributed by atoms with van der Waals surface area (Å²) >= 11 is 0. The van der Waals surface area contributed by atoms with Crippen molar-refractivity contribution in [3.05, 3.63) is 53.4 Å². The van der Waals surface area contributed by atoms with E-state index in [1.807, 2.05) is 19.9 Å². The van der Waals surface area contributed by atoms with E-state index in [9.17, 15) is 31.5 Å². The van der Waals surface area contributed by atoms with Crippen molar-refractivity contribution in [2.24, 2.45) is 5.92 Å². The van der Waals surface area contributed by atoms with Crippen LogP contribution in [0.5, 0.6) is 5.75 Å². The summed E-state index contributed by atoms with van der Waals surface area (Å²) in [6.07, 6.45) is -6.35. The highest BCUT2D eigenvalue weighted by Crippen LogP contribution is 2.47. The molecule has 1 aromatic heterocycles. The topological polar surface area (TPSA) is 89.5 Å². The summed E-state index contributed by atoms with van der Waals surface area (Å²) in [5, 5.41) is 5.07. The molecule has 1 aliphatic rings. The SMILES string of the molecule is CC.CNc1ccnc(C(C)=O)c1.COc1c(C2C(NC=O)OC(C(F)(F)F)C2C)ccc(F)c1F. The second kappa shape index (κ2) is 13.7. The normalized spacial score (nSPS) is 20.8. The number of alkyl halides is 3. The van der Waals surface area contributed by atoms with Crippen molar-refractivity contribution in [3.63, 3.8) is 0 Å². The van der Waals surface area contributed by atoms with Gasteiger partial charge in [-0.05, 0) is 18.2 Å². The van der Waals surface area contributed by atoms with E-state index in [1.165, 1.54) is 13.8 Å². The molecule has 12 heteroatoms. The smallest absolute Gasteiger partial charge is 0.415 e. The zero-order chi connectivity index (χ0) is 27.6. The van der Waals surface area contributed by atoms with E-state index in [0.29, 0.717) is 5.69 Å². The number of ketones is 1. The molecule has 2 N–H and O–H groups in total. The molecule has 0 aliphatic carbocycles. The lowest BCUT2D eigenvalue weighted by atomic mass is 9.84. The van der Waals surface area contributed by atoms with Gasteiger partial charge in [-0.3, -0.25) is 14.6 Å². The first kappa shape index (κ1) is 30.8. The molecule has 7 nitrogen and oxygen atoms in total. The van der Waals surface area contributed by atoms with Gasteiger partial charge < -0.3 is 20.1 Å². The fourth-order valence-electron chi connectivity index (χ4n) is 3.66. The minimum Gasteiger partial charge on any atom is -0.493 e. The monoisotopic (exact) mass is 519 g/mol. The number of ether oxygens (including phenoxy) is 2. The van der Waals surface area contributed by atoms with E-state index in [1.54, 1.807) is 19.3 Å². The molecular weight excluding hydrogens is 489 g/mol. The van der Waals surface area contributed by atoms with Crippen LogP contribution in [0.2, 0.25) is 0 Å². The number of hydrogen-bond acceptors (Lipinski definition) is 6. The highest BCUT2D eigenvalue weighted by Gasteiger charge is 2.55. The summed E-state index contributed by atoms with van der Waals surface area (Å²) in [6.45, 7) is 6.76. The van der Waals surface area contributed by atoms with E-state index in [4.69, 9.17) is 9.47 Å². The Kier molecular flexibility index (Phi) is 11.7. The van der Waals surface area contributed by atoms with E-state index >= 15 is 0 Å². The number of amides is 1. The van der Waals surface area contributed by atoms with Crippen LogP contribution in [-0.2, 0) is 9.53 Å². The van der Waals surface area contributed by atoms with Gasteiger partial charge in [0, 0.05) is 43.3 Å². The van der Waals surface area contributed by atoms with Gasteiger partial charge in [0.25, 0.3) is 0 Å². The molecule has 0 bridgehead atoms. The van der Waals surface area contributed by atoms with Crippen molar-refractivity contribution in [1.82, 2.24) is 10.3 Å². The Morgan fingerprint density at radius 1 is 1.19 bits per heavy atom. The summed E-state index contributed by atoms with van der Waals surface area (Å²) in [6, 6.07) is 5.45. The fraction of sp³-hybridized carbons (Fsp3) is 0.458. The van der Waals surface area contributed by atoms with Gasteiger partial charge in [-0.1, -0.05) is 26.8 Å². The van der Waals surface area contributed by atoms with Crippen molar-refractivity contribution < 1.29 is 41.0 Å². The van der Waals surface area contributed by atoms with Crippen molar-refractivity contribution in [2.75, 3.05) is 19.5 Å². The minimum absolute atomic E-state index is 0.00926. The predicted molar refractivity (Wildman–Crippen MR) is 124 cm³/mol. The maximum absolute atomic E-state index is 13.8. The highest BCUT2D eigenvalue weighted by molar-refractivity contribution is 5.92. The summed E-state index contributed by atoms with van der Waals surface area (Å²) in [7, 11) is 2.88. The van der Waals surface area contributed by atoms with Gasteiger partial charge in [0.15, 0.2) is 23.5 Å². The van der Waals surface area contributed by atoms with E-state index in [2.05, 4.69) is 15.6 Å². The van der Waals surface area contributed by atoms with Crippen LogP contribution in [0.25, 0.3) is 0 Å². The van der Waals surface area contributed by atoms with Crippen molar-refractivity contribution in [3.8, 4) is 5.75 Å². The number of aromatic nitrogens is 1. The molecule has 0 saturated carbocycles. The number of Topliss-reactive ketones (excluding diaryl/α,β-unsaturated/α-hetero) is 1. The number of anilines is 1. The number of halogens is 5. The second-order valence-electron chi connectivity index (χ2n) is 7.41. The number of hydrogen-bond donors (Lipinski definition) is 2. The first-order valence-corrected chi connectivity index (χ1v) is 11.0. The van der Waals surface area contributed by atoms with Gasteiger partial charge in [-0.25, -0.2) is 4.39 Å². The first-order chi connectivity index (χ1) is 17.0. The second-order valence-corrected chi connectivity index (χ2v) is 7.41. The molecule has 1 aromatic carbocycles. The Bertz CT molecular complexity index is 1020. The number of rotatable bonds is 6. The number of nitrogens with one attached hydrogen (secondary N) is 2. The molecule has 2 heterocycles. The van der Waals surface area contributed by atoms with Gasteiger partial charge in [0.2, 0.25) is 12.2 Å². The molecule has 0 spiro atoms. The molecule has 0 radical (unpaired) electrons. The number of benzene rings is 1. The number of carbonyl (C=O) groups excluding carboxylic acids is 2. The van der Waals surface area contributed by atoms with Crippen LogP contribution in [-0.4, -0.2) is 49.8 Å². The third-order valence-electron chi connectivity index (χ3n) is 5.27. The molecule has 1 amide bonds. The maximum atomic E-state index is 13.8. The summed E-state index contributed by atoms with van der Waals surface area (Å²) in [5.74, 6) is -5.22. The lowest BCUT2D eigenvalue weighted by Crippen LogP contribution is -2.35. The first-order valence-electron chi connectivity index (χ1n) is 11.0. The zero-order valence-electron chi connectivity index (χ0n) is 20.7. The molecule has 200 valence electrons. The lowest BCUT2D eigenvalue weighted by Gasteiger charge is -2.23. The predicted octanol–water partition coefficient (Wildman–Crippen LogP) is 5.08. The van der Waals surface area contributed by atoms with Crippen molar-refractivity contribution >= 4 is 17.9 Å². The number of pyridine rings is 1. The Morgan fingerprint density at radius 2 is 1.83 bits per heavy atom. The van der Waals surface area contributed by atoms with Crippen LogP contribution < -0.4 is 15.4 Å². The highest BCUT2D eigenvalue weighted by atomic mass is 19.4. The van der Waals surface area contributed by atoms with Gasteiger partial charge in [0.05, 0.1) is 7.11 Å². The van der Waals surface area contributed by atoms with Crippen molar-refractivity contribution in [1.29, 1.82) is 0 Å². The van der Waals surface area contributed by atoms with Crippen molar-refractivity contribution in [2.45, 2.75) is 52.1 Å². The molecule has 4 atom stereocenters. The summed E-state index contributed by atoms with van der Waals surface area (Å²) in [4.78, 5) is 25.4. The van der Waals surface area contributed by atoms with E-state index < -0.39 is 47.7 Å². The van der Waals surface area contributed by atoms with Crippen LogP contribution in [0.1, 0.15) is 49.7 Å². The lowest BCUT2D eigenvalue weighted by molar-refractivity contribution is -0.224. The third kappa shape index (κ3) is 7.36. The molecule has 2 aromatic rings. The van der Waals surface area contributed by atoms with Crippen LogP contribution in [0.3, 0.4) is 0 Å². The Balaban J connectivity index is 0.000000417. The number of carbonyl (C=O) groups is 2. The van der Waals surface area contributed by atoms with Gasteiger partial charge >= 0.3 is 6.18 Å². The fourth-order valence-corrected chi connectivity index (χ4v) is 3.66. The van der Waals surface area contributed by atoms with Gasteiger partial charge in [-0.2, -0.15) is 17.6 Å². The van der Waals surface area contributed by atoms with Crippen LogP contribution in [0.15, 0.2) is 30.5 Å². The van der Waals surface area contributed by atoms with Crippen LogP contribution in [0.4, 0.5) is 27.6 Å². The average molecular weight is 520 g/mol. The van der Waals surface area contributed by atoms with Crippen LogP contribution in [0, 0.1) is 17.6 Å². The third-order valence-corrected chi connectivity index (χ3v) is 5.27. The zero-order valence-corrected chi connectivity index (χ0v) is 20.7.